The van der Waals surface area contributed by atoms with E-state index >= 15 is 0 Å². The number of benzene rings is 2. The molecule has 1 aliphatic heterocycles. The van der Waals surface area contributed by atoms with Crippen LogP contribution in [0.3, 0.4) is 0 Å². The zero-order chi connectivity index (χ0) is 19.2. The lowest BCUT2D eigenvalue weighted by Gasteiger charge is -2.25. The molecule has 0 saturated carbocycles. The number of likely N-dealkylation sites (tertiary alicyclic amines) is 1. The Balaban J connectivity index is 1.63. The van der Waals surface area contributed by atoms with E-state index in [1.807, 2.05) is 36.4 Å². The predicted octanol–water partition coefficient (Wildman–Crippen LogP) is 4.46. The molecule has 4 nitrogen and oxygen atoms in total. The molecule has 0 unspecified atom stereocenters. The SMILES string of the molecule is Nc1cccc([C@@H](CN2CCCC2)NC(=O)CCc2ccc(Cl)c(Cl)c2)c1. The van der Waals surface area contributed by atoms with Crippen LogP contribution in [0.5, 0.6) is 0 Å². The van der Waals surface area contributed by atoms with Crippen LogP contribution >= 0.6 is 23.2 Å². The number of anilines is 1. The monoisotopic (exact) mass is 405 g/mol. The molecule has 3 rings (SSSR count). The molecule has 1 amide bonds. The van der Waals surface area contributed by atoms with Crippen molar-refractivity contribution in [3.63, 3.8) is 0 Å². The smallest absolute Gasteiger partial charge is 0.220 e. The minimum atomic E-state index is -0.0621. The molecule has 0 radical (unpaired) electrons. The molecule has 2 aromatic carbocycles. The van der Waals surface area contributed by atoms with Crippen LogP contribution in [-0.4, -0.2) is 30.4 Å². The molecule has 6 heteroatoms. The van der Waals surface area contributed by atoms with Gasteiger partial charge in [0.05, 0.1) is 16.1 Å². The summed E-state index contributed by atoms with van der Waals surface area (Å²) in [5, 5.41) is 4.23. The highest BCUT2D eigenvalue weighted by molar-refractivity contribution is 6.42. The van der Waals surface area contributed by atoms with Crippen molar-refractivity contribution in [2.45, 2.75) is 31.7 Å². The number of carbonyl (C=O) groups is 1. The largest absolute Gasteiger partial charge is 0.399 e. The summed E-state index contributed by atoms with van der Waals surface area (Å²) in [6.07, 6.45) is 3.46. The number of nitrogens with zero attached hydrogens (tertiary/aromatic N) is 1. The molecule has 2 aromatic rings. The average Bonchev–Trinajstić information content (AvgIpc) is 3.15. The summed E-state index contributed by atoms with van der Waals surface area (Å²) in [7, 11) is 0. The topological polar surface area (TPSA) is 58.4 Å². The molecular weight excluding hydrogens is 381 g/mol. The van der Waals surface area contributed by atoms with Gasteiger partial charge < -0.3 is 16.0 Å². The Morgan fingerprint density at radius 3 is 2.59 bits per heavy atom. The van der Waals surface area contributed by atoms with Gasteiger partial charge in [0.15, 0.2) is 0 Å². The van der Waals surface area contributed by atoms with E-state index in [0.717, 1.165) is 30.8 Å². The van der Waals surface area contributed by atoms with E-state index in [1.165, 1.54) is 12.8 Å². The van der Waals surface area contributed by atoms with Gasteiger partial charge in [0.1, 0.15) is 0 Å². The molecule has 1 fully saturated rings. The molecule has 0 aromatic heterocycles. The fraction of sp³-hybridized carbons (Fsp3) is 0.381. The number of hydrogen-bond acceptors (Lipinski definition) is 3. The molecule has 0 aliphatic carbocycles. The van der Waals surface area contributed by atoms with Crippen LogP contribution in [0, 0.1) is 0 Å². The van der Waals surface area contributed by atoms with Gasteiger partial charge in [0, 0.05) is 18.7 Å². The molecule has 3 N–H and O–H groups in total. The van der Waals surface area contributed by atoms with E-state index in [0.29, 0.717) is 28.6 Å². The molecule has 27 heavy (non-hydrogen) atoms. The molecule has 1 aliphatic rings. The van der Waals surface area contributed by atoms with Crippen molar-refractivity contribution in [2.75, 3.05) is 25.4 Å². The Morgan fingerprint density at radius 2 is 1.89 bits per heavy atom. The van der Waals surface area contributed by atoms with Crippen LogP contribution in [0.15, 0.2) is 42.5 Å². The quantitative estimate of drug-likeness (QED) is 0.668. The molecule has 0 spiro atoms. The van der Waals surface area contributed by atoms with Gasteiger partial charge in [0.25, 0.3) is 0 Å². The third-order valence-electron chi connectivity index (χ3n) is 4.91. The van der Waals surface area contributed by atoms with Crippen LogP contribution in [-0.2, 0) is 11.2 Å². The number of amides is 1. The fourth-order valence-corrected chi connectivity index (χ4v) is 3.77. The summed E-state index contributed by atoms with van der Waals surface area (Å²) in [5.74, 6) is 0.0210. The standard InChI is InChI=1S/C21H25Cl2N3O/c22-18-8-6-15(12-19(18)23)7-9-21(27)25-20(14-26-10-1-2-11-26)16-4-3-5-17(24)13-16/h3-6,8,12-13,20H,1-2,7,9-11,14,24H2,(H,25,27)/t20-/m1/s1. The number of halogens is 2. The number of aryl methyl sites for hydroxylation is 1. The normalized spacial score (nSPS) is 15.6. The Kier molecular flexibility index (Phi) is 7.00. The molecule has 144 valence electrons. The van der Waals surface area contributed by atoms with Crippen molar-refractivity contribution in [3.8, 4) is 0 Å². The predicted molar refractivity (Wildman–Crippen MR) is 112 cm³/mol. The van der Waals surface area contributed by atoms with Crippen LogP contribution in [0.4, 0.5) is 5.69 Å². The molecule has 0 bridgehead atoms. The molecule has 1 atom stereocenters. The summed E-state index contributed by atoms with van der Waals surface area (Å²) >= 11 is 12.0. The Labute approximate surface area is 170 Å². The first-order valence-corrected chi connectivity index (χ1v) is 10.1. The maximum atomic E-state index is 12.6. The Morgan fingerprint density at radius 1 is 1.11 bits per heavy atom. The van der Waals surface area contributed by atoms with Gasteiger partial charge in [-0.3, -0.25) is 4.79 Å². The van der Waals surface area contributed by atoms with Crippen LogP contribution in [0.1, 0.15) is 36.4 Å². The molecule has 1 heterocycles. The van der Waals surface area contributed by atoms with Crippen molar-refractivity contribution in [1.82, 2.24) is 10.2 Å². The van der Waals surface area contributed by atoms with Gasteiger partial charge in [-0.2, -0.15) is 0 Å². The number of carbonyl (C=O) groups excluding carboxylic acids is 1. The van der Waals surface area contributed by atoms with Crippen molar-refractivity contribution in [1.29, 1.82) is 0 Å². The number of nitrogens with one attached hydrogen (secondary N) is 1. The van der Waals surface area contributed by atoms with Crippen molar-refractivity contribution < 1.29 is 4.79 Å². The third kappa shape index (κ3) is 5.86. The first-order chi connectivity index (χ1) is 13.0. The maximum Gasteiger partial charge on any atom is 0.220 e. The lowest BCUT2D eigenvalue weighted by Crippen LogP contribution is -2.37. The third-order valence-corrected chi connectivity index (χ3v) is 5.65. The van der Waals surface area contributed by atoms with Gasteiger partial charge in [-0.15, -0.1) is 0 Å². The summed E-state index contributed by atoms with van der Waals surface area (Å²) < 4.78 is 0. The van der Waals surface area contributed by atoms with Crippen molar-refractivity contribution >= 4 is 34.8 Å². The summed E-state index contributed by atoms with van der Waals surface area (Å²) in [6.45, 7) is 2.97. The second-order valence-electron chi connectivity index (χ2n) is 7.05. The van der Waals surface area contributed by atoms with E-state index < -0.39 is 0 Å². The lowest BCUT2D eigenvalue weighted by molar-refractivity contribution is -0.121. The number of nitrogens with two attached hydrogens (primary N) is 1. The zero-order valence-electron chi connectivity index (χ0n) is 15.3. The summed E-state index contributed by atoms with van der Waals surface area (Å²) in [4.78, 5) is 15.0. The van der Waals surface area contributed by atoms with Gasteiger partial charge in [0.2, 0.25) is 5.91 Å². The Bertz CT molecular complexity index is 791. The van der Waals surface area contributed by atoms with E-state index in [2.05, 4.69) is 10.2 Å². The zero-order valence-corrected chi connectivity index (χ0v) is 16.8. The first kappa shape index (κ1) is 20.0. The summed E-state index contributed by atoms with van der Waals surface area (Å²) in [6, 6.07) is 13.2. The minimum Gasteiger partial charge on any atom is -0.399 e. The average molecular weight is 406 g/mol. The molecule has 1 saturated heterocycles. The van der Waals surface area contributed by atoms with E-state index in [4.69, 9.17) is 28.9 Å². The number of rotatable bonds is 7. The fourth-order valence-electron chi connectivity index (χ4n) is 3.45. The maximum absolute atomic E-state index is 12.6. The highest BCUT2D eigenvalue weighted by atomic mass is 35.5. The van der Waals surface area contributed by atoms with Gasteiger partial charge >= 0.3 is 0 Å². The highest BCUT2D eigenvalue weighted by Crippen LogP contribution is 2.24. The second kappa shape index (κ2) is 9.45. The van der Waals surface area contributed by atoms with E-state index in [1.54, 1.807) is 6.07 Å². The molecular formula is C21H25Cl2N3O. The minimum absolute atomic E-state index is 0.0210. The summed E-state index contributed by atoms with van der Waals surface area (Å²) in [5.41, 5.74) is 8.70. The van der Waals surface area contributed by atoms with Crippen LogP contribution in [0.2, 0.25) is 10.0 Å². The van der Waals surface area contributed by atoms with Gasteiger partial charge in [-0.25, -0.2) is 0 Å². The Hall–Kier alpha value is -1.75. The van der Waals surface area contributed by atoms with E-state index in [9.17, 15) is 4.79 Å². The van der Waals surface area contributed by atoms with Gasteiger partial charge in [-0.05, 0) is 67.7 Å². The van der Waals surface area contributed by atoms with Crippen LogP contribution < -0.4 is 11.1 Å². The lowest BCUT2D eigenvalue weighted by atomic mass is 10.0. The van der Waals surface area contributed by atoms with Gasteiger partial charge in [-0.1, -0.05) is 41.4 Å². The highest BCUT2D eigenvalue weighted by Gasteiger charge is 2.21. The first-order valence-electron chi connectivity index (χ1n) is 9.32. The van der Waals surface area contributed by atoms with Crippen molar-refractivity contribution in [2.24, 2.45) is 0 Å². The number of nitrogen functional groups attached to an aromatic ring is 1. The van der Waals surface area contributed by atoms with Crippen LogP contribution in [0.25, 0.3) is 0 Å². The second-order valence-corrected chi connectivity index (χ2v) is 7.86. The van der Waals surface area contributed by atoms with E-state index in [-0.39, 0.29) is 11.9 Å². The number of hydrogen-bond donors (Lipinski definition) is 2. The van der Waals surface area contributed by atoms with Crippen molar-refractivity contribution in [3.05, 3.63) is 63.6 Å².